The average molecular weight is 235 g/mol. The van der Waals surface area contributed by atoms with Gasteiger partial charge in [-0.25, -0.2) is 0 Å². The first-order valence-electron chi connectivity index (χ1n) is 6.21. The maximum atomic E-state index is 12.2. The van der Waals surface area contributed by atoms with Gasteiger partial charge < -0.3 is 4.90 Å². The molecule has 2 atom stereocenters. The first-order chi connectivity index (χ1) is 7.41. The van der Waals surface area contributed by atoms with Crippen molar-refractivity contribution in [3.63, 3.8) is 0 Å². The van der Waals surface area contributed by atoms with Gasteiger partial charge >= 0.3 is 0 Å². The molecule has 2 heterocycles. The molecule has 0 aromatic heterocycles. The minimum absolute atomic E-state index is 0.0924. The van der Waals surface area contributed by atoms with E-state index < -0.39 is 8.07 Å². The van der Waals surface area contributed by atoms with Crippen molar-refractivity contribution in [1.29, 1.82) is 0 Å². The molecule has 0 N–H and O–H groups in total. The Morgan fingerprint density at radius 2 is 2.00 bits per heavy atom. The third-order valence-electron chi connectivity index (χ3n) is 3.60. The summed E-state index contributed by atoms with van der Waals surface area (Å²) >= 11 is 0. The van der Waals surface area contributed by atoms with E-state index in [1.807, 2.05) is 0 Å². The molecule has 0 saturated carbocycles. The molecule has 2 rings (SSSR count). The van der Waals surface area contributed by atoms with E-state index in [4.69, 9.17) is 0 Å². The van der Waals surface area contributed by atoms with Crippen molar-refractivity contribution in [2.75, 3.05) is 19.6 Å². The first kappa shape index (κ1) is 11.9. The van der Waals surface area contributed by atoms with Gasteiger partial charge in [-0.1, -0.05) is 19.6 Å². The van der Waals surface area contributed by atoms with E-state index in [0.29, 0.717) is 0 Å². The van der Waals surface area contributed by atoms with Gasteiger partial charge in [0, 0.05) is 6.54 Å². The molecule has 2 fully saturated rings. The molecule has 2 unspecified atom stereocenters. The molecular formula is C13H21NOSi. The van der Waals surface area contributed by atoms with E-state index in [9.17, 15) is 4.79 Å². The average Bonchev–Trinajstić information content (AvgIpc) is 2.51. The van der Waals surface area contributed by atoms with Crippen LogP contribution in [0, 0.1) is 16.9 Å². The second kappa shape index (κ2) is 4.01. The standard InChI is InChI=1S/C13H21NOSi/c1-16(2,3)10-5-12(15)13-6-4-8-14(11-13)9-7-13/h4,6-9,11H2,1-3H3. The molecule has 2 bridgehead atoms. The molecule has 0 amide bonds. The lowest BCUT2D eigenvalue weighted by atomic mass is 9.77. The summed E-state index contributed by atoms with van der Waals surface area (Å²) in [7, 11) is -1.41. The summed E-state index contributed by atoms with van der Waals surface area (Å²) < 4.78 is 0. The number of fused-ring (bicyclic) bond motifs is 2. The number of rotatable bonds is 1. The van der Waals surface area contributed by atoms with Crippen LogP contribution in [0.1, 0.15) is 19.3 Å². The lowest BCUT2D eigenvalue weighted by Crippen LogP contribution is -2.39. The molecule has 0 radical (unpaired) electrons. The molecule has 0 aliphatic carbocycles. The molecular weight excluding hydrogens is 214 g/mol. The van der Waals surface area contributed by atoms with Gasteiger partial charge in [0.05, 0.1) is 5.41 Å². The lowest BCUT2D eigenvalue weighted by molar-refractivity contribution is -0.123. The van der Waals surface area contributed by atoms with Crippen LogP contribution in [0.5, 0.6) is 0 Å². The fraction of sp³-hybridized carbons (Fsp3) is 0.769. The van der Waals surface area contributed by atoms with Gasteiger partial charge in [0.2, 0.25) is 5.78 Å². The van der Waals surface area contributed by atoms with Crippen molar-refractivity contribution in [3.05, 3.63) is 0 Å². The van der Waals surface area contributed by atoms with Gasteiger partial charge in [0.1, 0.15) is 8.07 Å². The highest BCUT2D eigenvalue weighted by molar-refractivity contribution is 6.84. The van der Waals surface area contributed by atoms with Crippen LogP contribution < -0.4 is 0 Å². The van der Waals surface area contributed by atoms with Gasteiger partial charge in [0.25, 0.3) is 0 Å². The summed E-state index contributed by atoms with van der Waals surface area (Å²) in [4.78, 5) is 14.7. The zero-order valence-corrected chi connectivity index (χ0v) is 11.6. The summed E-state index contributed by atoms with van der Waals surface area (Å²) in [5.74, 6) is 3.18. The number of hydrogen-bond acceptors (Lipinski definition) is 2. The first-order valence-corrected chi connectivity index (χ1v) is 9.71. The molecule has 16 heavy (non-hydrogen) atoms. The fourth-order valence-electron chi connectivity index (χ4n) is 2.67. The Kier molecular flexibility index (Phi) is 2.98. The van der Waals surface area contributed by atoms with E-state index in [-0.39, 0.29) is 11.2 Å². The molecule has 88 valence electrons. The van der Waals surface area contributed by atoms with Crippen LogP contribution in [0.4, 0.5) is 0 Å². The molecule has 0 spiro atoms. The number of carbonyl (C=O) groups is 1. The molecule has 2 aliphatic heterocycles. The quantitative estimate of drug-likeness (QED) is 0.511. The van der Waals surface area contributed by atoms with Crippen LogP contribution >= 0.6 is 0 Å². The Morgan fingerprint density at radius 1 is 1.25 bits per heavy atom. The number of Topliss-reactive ketones (excluding diaryl/α,β-unsaturated/α-hetero) is 1. The minimum Gasteiger partial charge on any atom is -0.302 e. The van der Waals surface area contributed by atoms with E-state index >= 15 is 0 Å². The molecule has 0 aromatic carbocycles. The van der Waals surface area contributed by atoms with E-state index in [0.717, 1.165) is 25.9 Å². The Labute approximate surface area is 99.4 Å². The van der Waals surface area contributed by atoms with E-state index in [1.165, 1.54) is 13.0 Å². The zero-order chi connectivity index (χ0) is 11.8. The second-order valence-electron chi connectivity index (χ2n) is 6.24. The van der Waals surface area contributed by atoms with E-state index in [1.54, 1.807) is 0 Å². The smallest absolute Gasteiger partial charge is 0.212 e. The van der Waals surface area contributed by atoms with Crippen LogP contribution in [-0.4, -0.2) is 38.4 Å². The number of ketones is 1. The van der Waals surface area contributed by atoms with Crippen LogP contribution in [0.15, 0.2) is 0 Å². The SMILES string of the molecule is C[Si](C)(C)C#CC(=O)C12CCCN(CC1)C2. The summed E-state index contributed by atoms with van der Waals surface area (Å²) in [5.41, 5.74) is 3.13. The van der Waals surface area contributed by atoms with Crippen LogP contribution in [-0.2, 0) is 4.79 Å². The number of hydrogen-bond donors (Lipinski definition) is 0. The monoisotopic (exact) mass is 235 g/mol. The van der Waals surface area contributed by atoms with Gasteiger partial charge in [0.15, 0.2) is 0 Å². The Hall–Kier alpha value is -0.593. The highest BCUT2D eigenvalue weighted by Crippen LogP contribution is 2.39. The summed E-state index contributed by atoms with van der Waals surface area (Å²) in [5, 5.41) is 0. The number of carbonyl (C=O) groups excluding carboxylic acids is 1. The fourth-order valence-corrected chi connectivity index (χ4v) is 3.16. The van der Waals surface area contributed by atoms with Gasteiger partial charge in [-0.2, -0.15) is 0 Å². The largest absolute Gasteiger partial charge is 0.302 e. The summed E-state index contributed by atoms with van der Waals surface area (Å²) in [6.07, 6.45) is 3.26. The molecule has 0 aromatic rings. The van der Waals surface area contributed by atoms with Crippen molar-refractivity contribution in [2.45, 2.75) is 38.9 Å². The van der Waals surface area contributed by atoms with Gasteiger partial charge in [-0.15, -0.1) is 5.54 Å². The maximum Gasteiger partial charge on any atom is 0.212 e. The van der Waals surface area contributed by atoms with Crippen LogP contribution in [0.25, 0.3) is 0 Å². The number of piperidine rings is 1. The normalized spacial score (nSPS) is 33.1. The van der Waals surface area contributed by atoms with Crippen LogP contribution in [0.3, 0.4) is 0 Å². The highest BCUT2D eigenvalue weighted by atomic mass is 28.3. The van der Waals surface area contributed by atoms with Gasteiger partial charge in [-0.05, 0) is 38.3 Å². The summed E-state index contributed by atoms with van der Waals surface area (Å²) in [6, 6.07) is 0. The number of nitrogens with zero attached hydrogens (tertiary/aromatic N) is 1. The summed E-state index contributed by atoms with van der Waals surface area (Å²) in [6.45, 7) is 9.80. The second-order valence-corrected chi connectivity index (χ2v) is 11.0. The Balaban J connectivity index is 2.12. The molecule has 2 saturated heterocycles. The molecule has 3 heteroatoms. The van der Waals surface area contributed by atoms with Crippen molar-refractivity contribution >= 4 is 13.9 Å². The van der Waals surface area contributed by atoms with Crippen molar-refractivity contribution in [2.24, 2.45) is 5.41 Å². The van der Waals surface area contributed by atoms with Crippen molar-refractivity contribution in [3.8, 4) is 11.5 Å². The van der Waals surface area contributed by atoms with Gasteiger partial charge in [-0.3, -0.25) is 4.79 Å². The third kappa shape index (κ3) is 2.39. The predicted molar refractivity (Wildman–Crippen MR) is 68.9 cm³/mol. The molecule has 2 nitrogen and oxygen atoms in total. The van der Waals surface area contributed by atoms with E-state index in [2.05, 4.69) is 36.0 Å². The minimum atomic E-state index is -1.41. The van der Waals surface area contributed by atoms with Crippen molar-refractivity contribution < 1.29 is 4.79 Å². The third-order valence-corrected chi connectivity index (χ3v) is 4.47. The highest BCUT2D eigenvalue weighted by Gasteiger charge is 2.45. The molecule has 2 aliphatic rings. The topological polar surface area (TPSA) is 20.3 Å². The zero-order valence-electron chi connectivity index (χ0n) is 10.6. The lowest BCUT2D eigenvalue weighted by Gasteiger charge is -2.30. The Bertz CT molecular complexity index is 356. The van der Waals surface area contributed by atoms with Crippen molar-refractivity contribution in [1.82, 2.24) is 4.90 Å². The maximum absolute atomic E-state index is 12.2. The Morgan fingerprint density at radius 3 is 2.69 bits per heavy atom. The van der Waals surface area contributed by atoms with Crippen LogP contribution in [0.2, 0.25) is 19.6 Å². The predicted octanol–water partition coefficient (Wildman–Crippen LogP) is 1.92.